The maximum absolute atomic E-state index is 11.8. The number of hydrogen-bond donors (Lipinski definition) is 0. The van der Waals surface area contributed by atoms with Crippen LogP contribution in [0.15, 0.2) is 0 Å². The Kier molecular flexibility index (Phi) is 4.87. The lowest BCUT2D eigenvalue weighted by Gasteiger charge is -2.37. The molecule has 2 unspecified atom stereocenters. The predicted octanol–water partition coefficient (Wildman–Crippen LogP) is 2.41. The van der Waals surface area contributed by atoms with E-state index in [2.05, 4.69) is 13.8 Å². The molecule has 1 fully saturated rings. The molecule has 0 radical (unpaired) electrons. The summed E-state index contributed by atoms with van der Waals surface area (Å²) < 4.78 is 25.2. The van der Waals surface area contributed by atoms with Crippen molar-refractivity contribution in [3.05, 3.63) is 0 Å². The molecule has 15 heavy (non-hydrogen) atoms. The third kappa shape index (κ3) is 3.08. The average Bonchev–Trinajstić information content (AvgIpc) is 2.28. The summed E-state index contributed by atoms with van der Waals surface area (Å²) in [6.45, 7) is 4.86. The molecule has 0 bridgehead atoms. The van der Waals surface area contributed by atoms with Gasteiger partial charge >= 0.3 is 0 Å². The van der Waals surface area contributed by atoms with Gasteiger partial charge in [0.1, 0.15) is 5.21 Å². The fourth-order valence-corrected chi connectivity index (χ4v) is 3.81. The van der Waals surface area contributed by atoms with E-state index in [0.717, 1.165) is 25.7 Å². The number of nitrogens with zero attached hydrogens (tertiary/aromatic N) is 1. The summed E-state index contributed by atoms with van der Waals surface area (Å²) in [5, 5.41) is -0.292. The second-order valence-corrected chi connectivity index (χ2v) is 6.79. The highest BCUT2D eigenvalue weighted by Crippen LogP contribution is 2.27. The van der Waals surface area contributed by atoms with Crippen molar-refractivity contribution in [1.82, 2.24) is 4.31 Å². The largest absolute Gasteiger partial charge is 0.228 e. The molecule has 90 valence electrons. The summed E-state index contributed by atoms with van der Waals surface area (Å²) in [5.74, 6) is 0.420. The molecular formula is C10H20ClNO2S. The maximum Gasteiger partial charge on any atom is 0.228 e. The maximum atomic E-state index is 11.8. The second-order valence-electron chi connectivity index (χ2n) is 4.28. The molecule has 0 amide bonds. The Morgan fingerprint density at radius 3 is 2.67 bits per heavy atom. The normalized spacial score (nSPS) is 26.5. The van der Waals surface area contributed by atoms with E-state index in [4.69, 9.17) is 11.6 Å². The predicted molar refractivity (Wildman–Crippen MR) is 63.4 cm³/mol. The van der Waals surface area contributed by atoms with Crippen LogP contribution in [0.4, 0.5) is 0 Å². The lowest BCUT2D eigenvalue weighted by atomic mass is 9.92. The summed E-state index contributed by atoms with van der Waals surface area (Å²) >= 11 is 5.51. The van der Waals surface area contributed by atoms with Crippen molar-refractivity contribution in [2.24, 2.45) is 5.92 Å². The van der Waals surface area contributed by atoms with Gasteiger partial charge in [-0.25, -0.2) is 8.42 Å². The van der Waals surface area contributed by atoms with Gasteiger partial charge in [0.2, 0.25) is 10.0 Å². The highest BCUT2D eigenvalue weighted by atomic mass is 35.5. The first-order valence-electron chi connectivity index (χ1n) is 5.58. The summed E-state index contributed by atoms with van der Waals surface area (Å²) in [4.78, 5) is 0. The molecular weight excluding hydrogens is 234 g/mol. The van der Waals surface area contributed by atoms with Gasteiger partial charge in [-0.05, 0) is 18.8 Å². The van der Waals surface area contributed by atoms with Crippen LogP contribution in [0, 0.1) is 5.92 Å². The number of rotatable bonds is 4. The van der Waals surface area contributed by atoms with Crippen LogP contribution < -0.4 is 0 Å². The van der Waals surface area contributed by atoms with Crippen molar-refractivity contribution in [2.45, 2.75) is 45.6 Å². The van der Waals surface area contributed by atoms with Crippen molar-refractivity contribution < 1.29 is 8.42 Å². The minimum atomic E-state index is -3.23. The summed E-state index contributed by atoms with van der Waals surface area (Å²) in [7, 11) is -3.23. The quantitative estimate of drug-likeness (QED) is 0.722. The molecule has 1 rings (SSSR count). The zero-order valence-corrected chi connectivity index (χ0v) is 11.0. The zero-order chi connectivity index (χ0) is 11.5. The van der Waals surface area contributed by atoms with Gasteiger partial charge in [-0.3, -0.25) is 0 Å². The Bertz CT molecular complexity index is 292. The van der Waals surface area contributed by atoms with Gasteiger partial charge < -0.3 is 0 Å². The standard InChI is InChI=1S/C10H20ClNO2S/c1-3-9(2)10-6-4-5-7-12(10)15(13,14)8-11/h9-10H,3-8H2,1-2H3. The van der Waals surface area contributed by atoms with E-state index in [1.54, 1.807) is 4.31 Å². The van der Waals surface area contributed by atoms with Crippen LogP contribution in [-0.2, 0) is 10.0 Å². The van der Waals surface area contributed by atoms with Crippen molar-refractivity contribution in [3.8, 4) is 0 Å². The van der Waals surface area contributed by atoms with E-state index in [1.807, 2.05) is 0 Å². The number of sulfonamides is 1. The molecule has 3 nitrogen and oxygen atoms in total. The molecule has 0 spiro atoms. The molecule has 5 heteroatoms. The first-order chi connectivity index (χ1) is 7.03. The van der Waals surface area contributed by atoms with Crippen molar-refractivity contribution in [2.75, 3.05) is 11.8 Å². The monoisotopic (exact) mass is 253 g/mol. The molecule has 1 aliphatic heterocycles. The van der Waals surface area contributed by atoms with Gasteiger partial charge in [0.05, 0.1) is 0 Å². The Labute approximate surface area is 97.8 Å². The highest BCUT2D eigenvalue weighted by molar-refractivity contribution is 7.90. The SMILES string of the molecule is CCC(C)C1CCCCN1S(=O)(=O)CCl. The molecule has 0 aromatic heterocycles. The van der Waals surface area contributed by atoms with Gasteiger partial charge in [-0.15, -0.1) is 11.6 Å². The van der Waals surface area contributed by atoms with E-state index in [-0.39, 0.29) is 11.3 Å². The molecule has 1 heterocycles. The van der Waals surface area contributed by atoms with Crippen molar-refractivity contribution in [1.29, 1.82) is 0 Å². The number of halogens is 1. The van der Waals surface area contributed by atoms with Gasteiger partial charge in [0.15, 0.2) is 0 Å². The van der Waals surface area contributed by atoms with Gasteiger partial charge in [-0.2, -0.15) is 4.31 Å². The van der Waals surface area contributed by atoms with Crippen LogP contribution in [0.3, 0.4) is 0 Å². The summed E-state index contributed by atoms with van der Waals surface area (Å²) in [5.41, 5.74) is 0. The molecule has 0 aromatic rings. The minimum absolute atomic E-state index is 0.160. The van der Waals surface area contributed by atoms with Crippen LogP contribution >= 0.6 is 11.6 Å². The Morgan fingerprint density at radius 2 is 2.13 bits per heavy atom. The molecule has 1 saturated heterocycles. The van der Waals surface area contributed by atoms with Gasteiger partial charge in [0.25, 0.3) is 0 Å². The minimum Gasteiger partial charge on any atom is -0.211 e. The van der Waals surface area contributed by atoms with Crippen LogP contribution in [0.2, 0.25) is 0 Å². The van der Waals surface area contributed by atoms with Gasteiger partial charge in [0, 0.05) is 12.6 Å². The molecule has 0 aliphatic carbocycles. The molecule has 1 aliphatic rings. The van der Waals surface area contributed by atoms with Gasteiger partial charge in [-0.1, -0.05) is 26.7 Å². The fourth-order valence-electron chi connectivity index (χ4n) is 2.18. The van der Waals surface area contributed by atoms with Crippen molar-refractivity contribution in [3.63, 3.8) is 0 Å². The van der Waals surface area contributed by atoms with Crippen LogP contribution in [-0.4, -0.2) is 30.5 Å². The molecule has 0 N–H and O–H groups in total. The summed E-state index contributed by atoms with van der Waals surface area (Å²) in [6, 6.07) is 0.160. The van der Waals surface area contributed by atoms with E-state index in [0.29, 0.717) is 12.5 Å². The summed E-state index contributed by atoms with van der Waals surface area (Å²) in [6.07, 6.45) is 4.08. The lowest BCUT2D eigenvalue weighted by Crippen LogP contribution is -2.47. The van der Waals surface area contributed by atoms with Crippen LogP contribution in [0.25, 0.3) is 0 Å². The number of alkyl halides is 1. The van der Waals surface area contributed by atoms with Crippen molar-refractivity contribution >= 4 is 21.6 Å². The van der Waals surface area contributed by atoms with Crippen LogP contribution in [0.1, 0.15) is 39.5 Å². The fraction of sp³-hybridized carbons (Fsp3) is 1.00. The first kappa shape index (κ1) is 13.3. The van der Waals surface area contributed by atoms with E-state index >= 15 is 0 Å². The molecule has 0 aromatic carbocycles. The second kappa shape index (κ2) is 5.51. The number of hydrogen-bond acceptors (Lipinski definition) is 2. The van der Waals surface area contributed by atoms with Crippen LogP contribution in [0.5, 0.6) is 0 Å². The Hall–Kier alpha value is 0.200. The third-order valence-corrected chi connectivity index (χ3v) is 5.57. The molecule has 2 atom stereocenters. The third-order valence-electron chi connectivity index (χ3n) is 3.29. The number of piperidine rings is 1. The Morgan fingerprint density at radius 1 is 1.47 bits per heavy atom. The lowest BCUT2D eigenvalue weighted by molar-refractivity contribution is 0.191. The Balaban J connectivity index is 2.83. The first-order valence-corrected chi connectivity index (χ1v) is 7.72. The van der Waals surface area contributed by atoms with E-state index in [9.17, 15) is 8.42 Å². The zero-order valence-electron chi connectivity index (χ0n) is 9.45. The van der Waals surface area contributed by atoms with E-state index < -0.39 is 10.0 Å². The smallest absolute Gasteiger partial charge is 0.211 e. The average molecular weight is 254 g/mol. The topological polar surface area (TPSA) is 37.4 Å². The highest BCUT2D eigenvalue weighted by Gasteiger charge is 2.33. The molecule has 0 saturated carbocycles. The van der Waals surface area contributed by atoms with E-state index in [1.165, 1.54) is 0 Å².